The van der Waals surface area contributed by atoms with E-state index in [0.717, 1.165) is 0 Å². The van der Waals surface area contributed by atoms with Crippen molar-refractivity contribution in [2.24, 2.45) is 5.92 Å². The highest BCUT2D eigenvalue weighted by Gasteiger charge is 2.42. The molecule has 0 amide bonds. The normalized spacial score (nSPS) is 22.6. The molecule has 0 bridgehead atoms. The maximum absolute atomic E-state index is 12.8. The summed E-state index contributed by atoms with van der Waals surface area (Å²) in [6.07, 6.45) is 0. The molecule has 0 aromatic heterocycles. The summed E-state index contributed by atoms with van der Waals surface area (Å²) in [5, 5.41) is 9.22. The minimum absolute atomic E-state index is 0.0415. The Labute approximate surface area is 124 Å². The Kier molecular flexibility index (Phi) is 4.65. The van der Waals surface area contributed by atoms with E-state index < -0.39 is 28.0 Å². The number of rotatable bonds is 5. The van der Waals surface area contributed by atoms with Gasteiger partial charge in [0.05, 0.1) is 30.1 Å². The number of carboxylic acids is 1. The average Bonchev–Trinajstić information content (AvgIpc) is 2.88. The van der Waals surface area contributed by atoms with Gasteiger partial charge in [-0.25, -0.2) is 8.42 Å². The SMILES string of the molecule is CCN(C1COCC1C(=O)O)S(=O)(=O)c1ccccc1C. The van der Waals surface area contributed by atoms with E-state index in [-0.39, 0.29) is 24.7 Å². The molecule has 1 aromatic rings. The lowest BCUT2D eigenvalue weighted by Crippen LogP contribution is -2.46. The van der Waals surface area contributed by atoms with Crippen LogP contribution >= 0.6 is 0 Å². The summed E-state index contributed by atoms with van der Waals surface area (Å²) in [5.74, 6) is -1.86. The largest absolute Gasteiger partial charge is 0.481 e. The summed E-state index contributed by atoms with van der Waals surface area (Å²) in [7, 11) is -3.74. The van der Waals surface area contributed by atoms with Gasteiger partial charge in [0.15, 0.2) is 0 Å². The number of benzene rings is 1. The van der Waals surface area contributed by atoms with Gasteiger partial charge in [0.25, 0.3) is 0 Å². The third-order valence-electron chi connectivity index (χ3n) is 3.73. The quantitative estimate of drug-likeness (QED) is 0.880. The molecule has 0 saturated carbocycles. The number of hydrogen-bond acceptors (Lipinski definition) is 4. The molecule has 116 valence electrons. The van der Waals surface area contributed by atoms with Gasteiger partial charge in [-0.15, -0.1) is 0 Å². The number of likely N-dealkylation sites (N-methyl/N-ethyl adjacent to an activating group) is 1. The van der Waals surface area contributed by atoms with Crippen molar-refractivity contribution in [3.8, 4) is 0 Å². The fourth-order valence-electron chi connectivity index (χ4n) is 2.62. The van der Waals surface area contributed by atoms with Crippen LogP contribution in [0.2, 0.25) is 0 Å². The van der Waals surface area contributed by atoms with Gasteiger partial charge < -0.3 is 9.84 Å². The van der Waals surface area contributed by atoms with Crippen LogP contribution in [0.3, 0.4) is 0 Å². The van der Waals surface area contributed by atoms with Gasteiger partial charge in [-0.1, -0.05) is 25.1 Å². The van der Waals surface area contributed by atoms with Crippen LogP contribution in [-0.4, -0.2) is 49.6 Å². The minimum atomic E-state index is -3.74. The molecular formula is C14H19NO5S. The Balaban J connectivity index is 2.41. The first-order valence-electron chi connectivity index (χ1n) is 6.77. The van der Waals surface area contributed by atoms with Gasteiger partial charge in [0.2, 0.25) is 10.0 Å². The van der Waals surface area contributed by atoms with Crippen molar-refractivity contribution in [1.29, 1.82) is 0 Å². The molecule has 0 radical (unpaired) electrons. The van der Waals surface area contributed by atoms with E-state index in [1.165, 1.54) is 4.31 Å². The molecule has 0 spiro atoms. The second-order valence-electron chi connectivity index (χ2n) is 5.02. The minimum Gasteiger partial charge on any atom is -0.481 e. The van der Waals surface area contributed by atoms with E-state index in [9.17, 15) is 18.3 Å². The molecule has 2 atom stereocenters. The van der Waals surface area contributed by atoms with Gasteiger partial charge in [0, 0.05) is 6.54 Å². The number of sulfonamides is 1. The van der Waals surface area contributed by atoms with Crippen LogP contribution in [0.15, 0.2) is 29.2 Å². The molecule has 7 heteroatoms. The lowest BCUT2D eigenvalue weighted by atomic mass is 10.0. The summed E-state index contributed by atoms with van der Waals surface area (Å²) in [6, 6.07) is 6.02. The lowest BCUT2D eigenvalue weighted by Gasteiger charge is -2.28. The van der Waals surface area contributed by atoms with Crippen LogP contribution in [0.4, 0.5) is 0 Å². The monoisotopic (exact) mass is 313 g/mol. The number of carbonyl (C=O) groups is 1. The van der Waals surface area contributed by atoms with Crippen LogP contribution in [0, 0.1) is 12.8 Å². The van der Waals surface area contributed by atoms with Crippen LogP contribution in [0.1, 0.15) is 12.5 Å². The van der Waals surface area contributed by atoms with Crippen molar-refractivity contribution >= 4 is 16.0 Å². The zero-order valence-electron chi connectivity index (χ0n) is 12.0. The predicted octanol–water partition coefficient (Wildman–Crippen LogP) is 1.11. The standard InChI is InChI=1S/C14H19NO5S/c1-3-15(12-9-20-8-11(12)14(16)17)21(18,19)13-7-5-4-6-10(13)2/h4-7,11-12H,3,8-9H2,1-2H3,(H,16,17). The average molecular weight is 313 g/mol. The number of nitrogens with zero attached hydrogens (tertiary/aromatic N) is 1. The van der Waals surface area contributed by atoms with Crippen LogP contribution in [0.25, 0.3) is 0 Å². The molecule has 2 unspecified atom stereocenters. The maximum atomic E-state index is 12.8. The summed E-state index contributed by atoms with van der Waals surface area (Å²) in [5.41, 5.74) is 0.641. The van der Waals surface area contributed by atoms with Crippen molar-refractivity contribution in [2.75, 3.05) is 19.8 Å². The molecule has 6 nitrogen and oxygen atoms in total. The molecular weight excluding hydrogens is 294 g/mol. The Morgan fingerprint density at radius 2 is 2.05 bits per heavy atom. The van der Waals surface area contributed by atoms with Crippen LogP contribution < -0.4 is 0 Å². The fraction of sp³-hybridized carbons (Fsp3) is 0.500. The highest BCUT2D eigenvalue weighted by atomic mass is 32.2. The Hall–Kier alpha value is -1.44. The number of carboxylic acid groups (broad SMARTS) is 1. The predicted molar refractivity (Wildman–Crippen MR) is 76.5 cm³/mol. The van der Waals surface area contributed by atoms with Crippen molar-refractivity contribution in [3.63, 3.8) is 0 Å². The Morgan fingerprint density at radius 3 is 2.62 bits per heavy atom. The Bertz CT molecular complexity index is 628. The molecule has 1 aliphatic heterocycles. The summed E-state index contributed by atoms with van der Waals surface area (Å²) >= 11 is 0. The highest BCUT2D eigenvalue weighted by molar-refractivity contribution is 7.89. The van der Waals surface area contributed by atoms with Crippen LogP contribution in [-0.2, 0) is 19.6 Å². The first-order chi connectivity index (χ1) is 9.89. The number of aryl methyl sites for hydroxylation is 1. The number of hydrogen-bond donors (Lipinski definition) is 1. The Morgan fingerprint density at radius 1 is 1.38 bits per heavy atom. The van der Waals surface area contributed by atoms with E-state index in [4.69, 9.17) is 4.74 Å². The number of aliphatic carboxylic acids is 1. The third kappa shape index (κ3) is 2.95. The van der Waals surface area contributed by atoms with Crippen molar-refractivity contribution in [2.45, 2.75) is 24.8 Å². The zero-order valence-corrected chi connectivity index (χ0v) is 12.8. The summed E-state index contributed by atoms with van der Waals surface area (Å²) in [4.78, 5) is 11.5. The van der Waals surface area contributed by atoms with Crippen molar-refractivity contribution < 1.29 is 23.1 Å². The first kappa shape index (κ1) is 15.9. The maximum Gasteiger partial charge on any atom is 0.310 e. The van der Waals surface area contributed by atoms with E-state index in [1.807, 2.05) is 0 Å². The summed E-state index contributed by atoms with van der Waals surface area (Å²) in [6.45, 7) is 3.78. The van der Waals surface area contributed by atoms with Crippen molar-refractivity contribution in [3.05, 3.63) is 29.8 Å². The molecule has 1 fully saturated rings. The van der Waals surface area contributed by atoms with E-state index in [2.05, 4.69) is 0 Å². The van der Waals surface area contributed by atoms with Gasteiger partial charge in [0.1, 0.15) is 0 Å². The van der Waals surface area contributed by atoms with Gasteiger partial charge in [-0.2, -0.15) is 4.31 Å². The first-order valence-corrected chi connectivity index (χ1v) is 8.21. The fourth-order valence-corrected chi connectivity index (χ4v) is 4.50. The highest BCUT2D eigenvalue weighted by Crippen LogP contribution is 2.27. The molecule has 2 rings (SSSR count). The smallest absolute Gasteiger partial charge is 0.310 e. The zero-order chi connectivity index (χ0) is 15.6. The van der Waals surface area contributed by atoms with Gasteiger partial charge in [-0.3, -0.25) is 4.79 Å². The van der Waals surface area contributed by atoms with E-state index >= 15 is 0 Å². The molecule has 1 N–H and O–H groups in total. The van der Waals surface area contributed by atoms with Crippen molar-refractivity contribution in [1.82, 2.24) is 4.31 Å². The lowest BCUT2D eigenvalue weighted by molar-refractivity contribution is -0.142. The van der Waals surface area contributed by atoms with Gasteiger partial charge >= 0.3 is 5.97 Å². The third-order valence-corrected chi connectivity index (χ3v) is 5.89. The molecule has 1 aromatic carbocycles. The molecule has 21 heavy (non-hydrogen) atoms. The second-order valence-corrected chi connectivity index (χ2v) is 6.88. The van der Waals surface area contributed by atoms with E-state index in [1.54, 1.807) is 38.1 Å². The molecule has 1 heterocycles. The van der Waals surface area contributed by atoms with E-state index in [0.29, 0.717) is 5.56 Å². The molecule has 1 saturated heterocycles. The van der Waals surface area contributed by atoms with Gasteiger partial charge in [-0.05, 0) is 18.6 Å². The second kappa shape index (κ2) is 6.13. The molecule has 1 aliphatic rings. The van der Waals surface area contributed by atoms with Crippen LogP contribution in [0.5, 0.6) is 0 Å². The molecule has 0 aliphatic carbocycles. The number of ether oxygens (including phenoxy) is 1. The topological polar surface area (TPSA) is 83.9 Å². The summed E-state index contributed by atoms with van der Waals surface area (Å²) < 4.78 is 32.1.